The van der Waals surface area contributed by atoms with Gasteiger partial charge in [0.15, 0.2) is 0 Å². The van der Waals surface area contributed by atoms with E-state index in [2.05, 4.69) is 32.8 Å². The normalized spacial score (nSPS) is 12.3. The van der Waals surface area contributed by atoms with Crippen LogP contribution in [0.5, 0.6) is 5.88 Å². The van der Waals surface area contributed by atoms with Crippen molar-refractivity contribution in [2.24, 2.45) is 7.05 Å². The molecule has 0 aliphatic rings. The highest BCUT2D eigenvalue weighted by atomic mass is 16.5. The van der Waals surface area contributed by atoms with Crippen molar-refractivity contribution in [3.05, 3.63) is 42.1 Å². The second kappa shape index (κ2) is 7.78. The van der Waals surface area contributed by atoms with Gasteiger partial charge in [-0.1, -0.05) is 13.0 Å². The topological polar surface area (TPSA) is 52.0 Å². The molecule has 0 fully saturated rings. The summed E-state index contributed by atoms with van der Waals surface area (Å²) in [6.07, 6.45) is 8.74. The van der Waals surface area contributed by atoms with Crippen LogP contribution in [-0.2, 0) is 19.9 Å². The third kappa shape index (κ3) is 4.56. The predicted octanol–water partition coefficient (Wildman–Crippen LogP) is 1.98. The zero-order valence-electron chi connectivity index (χ0n) is 13.0. The van der Waals surface area contributed by atoms with Crippen LogP contribution in [0.2, 0.25) is 0 Å². The molecule has 0 saturated carbocycles. The molecule has 2 aromatic rings. The van der Waals surface area contributed by atoms with Gasteiger partial charge < -0.3 is 14.6 Å². The summed E-state index contributed by atoms with van der Waals surface area (Å²) in [5, 5.41) is 3.55. The van der Waals surface area contributed by atoms with Crippen molar-refractivity contribution in [3.8, 4) is 5.88 Å². The van der Waals surface area contributed by atoms with Gasteiger partial charge in [-0.05, 0) is 24.9 Å². The molecular formula is C16H24N4O. The van der Waals surface area contributed by atoms with Crippen molar-refractivity contribution in [1.29, 1.82) is 0 Å². The summed E-state index contributed by atoms with van der Waals surface area (Å²) in [7, 11) is 3.67. The van der Waals surface area contributed by atoms with Crippen molar-refractivity contribution in [1.82, 2.24) is 19.9 Å². The SMILES string of the molecule is CCNC(CCc1nccn1C)Cc1ccc(OC)nc1. The fraction of sp³-hybridized carbons (Fsp3) is 0.500. The van der Waals surface area contributed by atoms with Gasteiger partial charge in [0.1, 0.15) is 5.82 Å². The second-order valence-electron chi connectivity index (χ2n) is 5.16. The third-order valence-electron chi connectivity index (χ3n) is 3.62. The molecule has 1 atom stereocenters. The van der Waals surface area contributed by atoms with Gasteiger partial charge in [-0.2, -0.15) is 0 Å². The van der Waals surface area contributed by atoms with Gasteiger partial charge in [-0.3, -0.25) is 0 Å². The molecule has 0 saturated heterocycles. The summed E-state index contributed by atoms with van der Waals surface area (Å²) in [4.78, 5) is 8.65. The molecule has 5 nitrogen and oxygen atoms in total. The Morgan fingerprint density at radius 2 is 2.19 bits per heavy atom. The van der Waals surface area contributed by atoms with E-state index in [9.17, 15) is 0 Å². The zero-order valence-corrected chi connectivity index (χ0v) is 13.0. The van der Waals surface area contributed by atoms with E-state index in [1.165, 1.54) is 5.56 Å². The molecule has 0 aliphatic heterocycles. The Morgan fingerprint density at radius 1 is 1.33 bits per heavy atom. The molecule has 0 aliphatic carbocycles. The Hall–Kier alpha value is -1.88. The first-order chi connectivity index (χ1) is 10.2. The highest BCUT2D eigenvalue weighted by Gasteiger charge is 2.11. The summed E-state index contributed by atoms with van der Waals surface area (Å²) in [5.41, 5.74) is 1.22. The van der Waals surface area contributed by atoms with Crippen LogP contribution in [0.3, 0.4) is 0 Å². The van der Waals surface area contributed by atoms with E-state index in [0.717, 1.165) is 31.6 Å². The number of imidazole rings is 1. The lowest BCUT2D eigenvalue weighted by Crippen LogP contribution is -2.31. The van der Waals surface area contributed by atoms with Crippen molar-refractivity contribution in [2.75, 3.05) is 13.7 Å². The smallest absolute Gasteiger partial charge is 0.212 e. The quantitative estimate of drug-likeness (QED) is 0.807. The van der Waals surface area contributed by atoms with E-state index in [1.807, 2.05) is 31.7 Å². The molecule has 21 heavy (non-hydrogen) atoms. The molecule has 0 amide bonds. The largest absolute Gasteiger partial charge is 0.481 e. The minimum atomic E-state index is 0.432. The number of rotatable bonds is 8. The molecule has 2 rings (SSSR count). The van der Waals surface area contributed by atoms with Crippen LogP contribution >= 0.6 is 0 Å². The van der Waals surface area contributed by atoms with Crippen LogP contribution in [0.1, 0.15) is 24.7 Å². The molecule has 1 unspecified atom stereocenters. The number of aryl methyl sites for hydroxylation is 2. The first-order valence-electron chi connectivity index (χ1n) is 7.41. The fourth-order valence-corrected chi connectivity index (χ4v) is 2.44. The van der Waals surface area contributed by atoms with Crippen LogP contribution in [0, 0.1) is 0 Å². The van der Waals surface area contributed by atoms with Crippen LogP contribution in [0.4, 0.5) is 0 Å². The van der Waals surface area contributed by atoms with E-state index >= 15 is 0 Å². The van der Waals surface area contributed by atoms with E-state index in [-0.39, 0.29) is 0 Å². The lowest BCUT2D eigenvalue weighted by Gasteiger charge is -2.17. The predicted molar refractivity (Wildman–Crippen MR) is 83.5 cm³/mol. The molecule has 0 spiro atoms. The Balaban J connectivity index is 1.93. The number of pyridine rings is 1. The first kappa shape index (κ1) is 15.5. The van der Waals surface area contributed by atoms with Gasteiger partial charge in [0, 0.05) is 44.2 Å². The minimum Gasteiger partial charge on any atom is -0.481 e. The molecule has 2 heterocycles. The second-order valence-corrected chi connectivity index (χ2v) is 5.16. The van der Waals surface area contributed by atoms with Gasteiger partial charge in [0.2, 0.25) is 5.88 Å². The molecule has 2 aromatic heterocycles. The lowest BCUT2D eigenvalue weighted by atomic mass is 10.0. The minimum absolute atomic E-state index is 0.432. The molecule has 0 radical (unpaired) electrons. The van der Waals surface area contributed by atoms with Crippen LogP contribution < -0.4 is 10.1 Å². The number of nitrogens with zero attached hydrogens (tertiary/aromatic N) is 3. The number of nitrogens with one attached hydrogen (secondary N) is 1. The summed E-state index contributed by atoms with van der Waals surface area (Å²) < 4.78 is 7.17. The number of methoxy groups -OCH3 is 1. The number of likely N-dealkylation sites (N-methyl/N-ethyl adjacent to an activating group) is 1. The summed E-state index contributed by atoms with van der Waals surface area (Å²) in [6.45, 7) is 3.11. The Morgan fingerprint density at radius 3 is 2.76 bits per heavy atom. The summed E-state index contributed by atoms with van der Waals surface area (Å²) >= 11 is 0. The molecular weight excluding hydrogens is 264 g/mol. The fourth-order valence-electron chi connectivity index (χ4n) is 2.44. The molecule has 1 N–H and O–H groups in total. The van der Waals surface area contributed by atoms with Gasteiger partial charge in [0.25, 0.3) is 0 Å². The van der Waals surface area contributed by atoms with Crippen molar-refractivity contribution >= 4 is 0 Å². The van der Waals surface area contributed by atoms with Crippen LogP contribution in [-0.4, -0.2) is 34.2 Å². The average molecular weight is 288 g/mol. The number of ether oxygens (including phenoxy) is 1. The Labute approximate surface area is 126 Å². The van der Waals surface area contributed by atoms with Gasteiger partial charge >= 0.3 is 0 Å². The number of aromatic nitrogens is 3. The summed E-state index contributed by atoms with van der Waals surface area (Å²) in [5.74, 6) is 1.79. The molecule has 114 valence electrons. The molecule has 0 bridgehead atoms. The first-order valence-corrected chi connectivity index (χ1v) is 7.41. The highest BCUT2D eigenvalue weighted by molar-refractivity contribution is 5.18. The highest BCUT2D eigenvalue weighted by Crippen LogP contribution is 2.11. The van der Waals surface area contributed by atoms with Gasteiger partial charge in [-0.15, -0.1) is 0 Å². The standard InChI is InChI=1S/C16H24N4O/c1-4-17-14(6-7-15-18-9-10-20(15)2)11-13-5-8-16(21-3)19-12-13/h5,8-10,12,14,17H,4,6-7,11H2,1-3H3. The van der Waals surface area contributed by atoms with E-state index < -0.39 is 0 Å². The Kier molecular flexibility index (Phi) is 5.75. The van der Waals surface area contributed by atoms with Crippen molar-refractivity contribution in [2.45, 2.75) is 32.2 Å². The number of hydrogen-bond acceptors (Lipinski definition) is 4. The van der Waals surface area contributed by atoms with Gasteiger partial charge in [-0.25, -0.2) is 9.97 Å². The van der Waals surface area contributed by atoms with Gasteiger partial charge in [0.05, 0.1) is 7.11 Å². The van der Waals surface area contributed by atoms with Crippen LogP contribution in [0.25, 0.3) is 0 Å². The van der Waals surface area contributed by atoms with E-state index in [0.29, 0.717) is 11.9 Å². The van der Waals surface area contributed by atoms with E-state index in [1.54, 1.807) is 7.11 Å². The lowest BCUT2D eigenvalue weighted by molar-refractivity contribution is 0.397. The maximum absolute atomic E-state index is 5.09. The molecule has 0 aromatic carbocycles. The van der Waals surface area contributed by atoms with Crippen molar-refractivity contribution < 1.29 is 4.74 Å². The Bertz CT molecular complexity index is 535. The maximum Gasteiger partial charge on any atom is 0.212 e. The average Bonchev–Trinajstić information content (AvgIpc) is 2.91. The third-order valence-corrected chi connectivity index (χ3v) is 3.62. The zero-order chi connectivity index (χ0) is 15.1. The van der Waals surface area contributed by atoms with E-state index in [4.69, 9.17) is 4.74 Å². The molecule has 5 heteroatoms. The van der Waals surface area contributed by atoms with Crippen molar-refractivity contribution in [3.63, 3.8) is 0 Å². The number of hydrogen-bond donors (Lipinski definition) is 1. The maximum atomic E-state index is 5.09. The van der Waals surface area contributed by atoms with Crippen LogP contribution in [0.15, 0.2) is 30.7 Å². The monoisotopic (exact) mass is 288 g/mol. The summed E-state index contributed by atoms with van der Waals surface area (Å²) in [6, 6.07) is 4.43.